The molecule has 2 aliphatic rings. The van der Waals surface area contributed by atoms with Crippen LogP contribution in [0.2, 0.25) is 5.02 Å². The molecular weight excluding hydrogens is 496 g/mol. The number of nitrogens with zero attached hydrogens (tertiary/aromatic N) is 2. The van der Waals surface area contributed by atoms with Gasteiger partial charge >= 0.3 is 12.3 Å². The topological polar surface area (TPSA) is 59.1 Å². The monoisotopic (exact) mass is 518 g/mol. The minimum atomic E-state index is -4.80. The Morgan fingerprint density at radius 2 is 1.65 bits per heavy atom. The van der Waals surface area contributed by atoms with Crippen LogP contribution in [0.25, 0.3) is 0 Å². The summed E-state index contributed by atoms with van der Waals surface area (Å²) in [6, 6.07) is 12.7. The Morgan fingerprint density at radius 3 is 2.24 bits per heavy atom. The molecule has 11 heteroatoms. The van der Waals surface area contributed by atoms with Gasteiger partial charge < -0.3 is 14.4 Å². The molecule has 2 fully saturated rings. The Bertz CT molecular complexity index is 995. The predicted octanol–water partition coefficient (Wildman–Crippen LogP) is 4.61. The lowest BCUT2D eigenvalue weighted by Gasteiger charge is -2.36. The number of ether oxygens (including phenoxy) is 2. The number of piperazine rings is 1. The van der Waals surface area contributed by atoms with Gasteiger partial charge in [-0.15, -0.1) is 25.6 Å². The Hall–Kier alpha value is -2.49. The van der Waals surface area contributed by atoms with Crippen molar-refractivity contribution in [2.24, 2.45) is 5.92 Å². The molecule has 34 heavy (non-hydrogen) atoms. The van der Waals surface area contributed by atoms with Crippen LogP contribution < -0.4 is 4.74 Å². The van der Waals surface area contributed by atoms with E-state index >= 15 is 0 Å². The molecular formula is C23H23Cl2F3N2O4. The number of rotatable bonds is 5. The fraction of sp³-hybridized carbons (Fsp3) is 0.391. The van der Waals surface area contributed by atoms with Crippen molar-refractivity contribution < 1.29 is 32.2 Å². The lowest BCUT2D eigenvalue weighted by molar-refractivity contribution is -0.274. The van der Waals surface area contributed by atoms with E-state index in [2.05, 4.69) is 9.64 Å². The second-order valence-electron chi connectivity index (χ2n) is 8.07. The standard InChI is InChI=1S/C23H22ClF3N2O4.ClH/c24-17-5-1-15(2-6-17)14-28-9-11-29(12-10-28)22(31)19-13-20(30)32-21(19)16-3-7-18(8-4-16)33-23(25,26)27;/h1-8,19,21H,9-14H2;1H/t19-,21+;/m0./s1. The predicted molar refractivity (Wildman–Crippen MR) is 121 cm³/mol. The first kappa shape index (κ1) is 26.1. The summed E-state index contributed by atoms with van der Waals surface area (Å²) < 4.78 is 46.4. The van der Waals surface area contributed by atoms with Crippen molar-refractivity contribution in [3.8, 4) is 5.75 Å². The zero-order chi connectivity index (χ0) is 23.6. The van der Waals surface area contributed by atoms with E-state index in [0.29, 0.717) is 36.8 Å². The first-order chi connectivity index (χ1) is 15.7. The van der Waals surface area contributed by atoms with Crippen LogP contribution in [0.1, 0.15) is 23.7 Å². The number of esters is 1. The molecule has 1 amide bonds. The van der Waals surface area contributed by atoms with E-state index in [1.54, 1.807) is 4.90 Å². The molecule has 2 aromatic carbocycles. The van der Waals surface area contributed by atoms with Crippen LogP contribution in [0.4, 0.5) is 13.2 Å². The maximum absolute atomic E-state index is 13.2. The third kappa shape index (κ3) is 6.55. The number of cyclic esters (lactones) is 1. The number of halogens is 5. The Labute approximate surface area is 206 Å². The number of benzene rings is 2. The quantitative estimate of drug-likeness (QED) is 0.541. The first-order valence-corrected chi connectivity index (χ1v) is 10.9. The minimum Gasteiger partial charge on any atom is -0.457 e. The van der Waals surface area contributed by atoms with E-state index in [1.807, 2.05) is 24.3 Å². The van der Waals surface area contributed by atoms with Gasteiger partial charge in [0.05, 0.1) is 12.3 Å². The van der Waals surface area contributed by atoms with Crippen LogP contribution in [0.5, 0.6) is 5.75 Å². The second kappa shape index (κ2) is 10.8. The average Bonchev–Trinajstić information content (AvgIpc) is 3.16. The first-order valence-electron chi connectivity index (χ1n) is 10.5. The van der Waals surface area contributed by atoms with E-state index in [4.69, 9.17) is 16.3 Å². The van der Waals surface area contributed by atoms with Crippen LogP contribution in [-0.2, 0) is 20.9 Å². The van der Waals surface area contributed by atoms with E-state index < -0.39 is 24.4 Å². The SMILES string of the molecule is Cl.O=C1C[C@H](C(=O)N2CCN(Cc3ccc(Cl)cc3)CC2)[C@@H](c2ccc(OC(F)(F)F)cc2)O1. The lowest BCUT2D eigenvalue weighted by atomic mass is 9.93. The highest BCUT2D eigenvalue weighted by molar-refractivity contribution is 6.30. The highest BCUT2D eigenvalue weighted by Crippen LogP contribution is 2.37. The molecule has 2 atom stereocenters. The third-order valence-electron chi connectivity index (χ3n) is 5.77. The average molecular weight is 519 g/mol. The highest BCUT2D eigenvalue weighted by atomic mass is 35.5. The van der Waals surface area contributed by atoms with Gasteiger partial charge in [0.25, 0.3) is 0 Å². The normalized spacial score (nSPS) is 21.1. The van der Waals surface area contributed by atoms with Gasteiger partial charge in [0.1, 0.15) is 11.9 Å². The summed E-state index contributed by atoms with van der Waals surface area (Å²) in [6.07, 6.45) is -5.69. The summed E-state index contributed by atoms with van der Waals surface area (Å²) >= 11 is 5.93. The second-order valence-corrected chi connectivity index (χ2v) is 8.50. The van der Waals surface area contributed by atoms with Crippen molar-refractivity contribution >= 4 is 35.9 Å². The Balaban J connectivity index is 0.00000324. The lowest BCUT2D eigenvalue weighted by Crippen LogP contribution is -2.50. The molecule has 0 unspecified atom stereocenters. The largest absolute Gasteiger partial charge is 0.573 e. The molecule has 0 bridgehead atoms. The molecule has 6 nitrogen and oxygen atoms in total. The molecule has 0 aromatic heterocycles. The van der Waals surface area contributed by atoms with Gasteiger partial charge in [-0.2, -0.15) is 0 Å². The molecule has 4 rings (SSSR count). The number of hydrogen-bond acceptors (Lipinski definition) is 5. The van der Waals surface area contributed by atoms with E-state index in [1.165, 1.54) is 12.1 Å². The van der Waals surface area contributed by atoms with Gasteiger partial charge in [0.2, 0.25) is 5.91 Å². The molecule has 2 saturated heterocycles. The fourth-order valence-electron chi connectivity index (χ4n) is 4.14. The number of carbonyl (C=O) groups excluding carboxylic acids is 2. The number of amides is 1. The van der Waals surface area contributed by atoms with Crippen molar-refractivity contribution in [2.75, 3.05) is 26.2 Å². The summed E-state index contributed by atoms with van der Waals surface area (Å²) in [5.41, 5.74) is 1.59. The van der Waals surface area contributed by atoms with Crippen molar-refractivity contribution in [2.45, 2.75) is 25.4 Å². The fourth-order valence-corrected chi connectivity index (χ4v) is 4.27. The van der Waals surface area contributed by atoms with Crippen molar-refractivity contribution in [1.29, 1.82) is 0 Å². The van der Waals surface area contributed by atoms with Crippen molar-refractivity contribution in [3.63, 3.8) is 0 Å². The van der Waals surface area contributed by atoms with Gasteiger partial charge in [-0.05, 0) is 35.4 Å². The Kier molecular flexibility index (Phi) is 8.33. The van der Waals surface area contributed by atoms with Gasteiger partial charge in [0.15, 0.2) is 0 Å². The highest BCUT2D eigenvalue weighted by Gasteiger charge is 2.43. The zero-order valence-electron chi connectivity index (χ0n) is 18.0. The molecule has 0 radical (unpaired) electrons. The molecule has 0 saturated carbocycles. The summed E-state index contributed by atoms with van der Waals surface area (Å²) in [5, 5.41) is 0.680. The molecule has 2 heterocycles. The van der Waals surface area contributed by atoms with Crippen LogP contribution in [-0.4, -0.2) is 54.2 Å². The van der Waals surface area contributed by atoms with Crippen LogP contribution in [0.15, 0.2) is 48.5 Å². The molecule has 0 N–H and O–H groups in total. The summed E-state index contributed by atoms with van der Waals surface area (Å²) in [4.78, 5) is 29.1. The zero-order valence-corrected chi connectivity index (χ0v) is 19.5. The van der Waals surface area contributed by atoms with Crippen LogP contribution >= 0.6 is 24.0 Å². The summed E-state index contributed by atoms with van der Waals surface area (Å²) in [5.74, 6) is -1.78. The summed E-state index contributed by atoms with van der Waals surface area (Å²) in [6.45, 7) is 3.15. The smallest absolute Gasteiger partial charge is 0.457 e. The molecule has 2 aliphatic heterocycles. The molecule has 0 spiro atoms. The van der Waals surface area contributed by atoms with E-state index in [0.717, 1.165) is 24.2 Å². The minimum absolute atomic E-state index is 0. The van der Waals surface area contributed by atoms with Crippen LogP contribution in [0.3, 0.4) is 0 Å². The van der Waals surface area contributed by atoms with Crippen molar-refractivity contribution in [3.05, 3.63) is 64.7 Å². The molecule has 0 aliphatic carbocycles. The maximum atomic E-state index is 13.2. The van der Waals surface area contributed by atoms with Gasteiger partial charge in [-0.25, -0.2) is 0 Å². The Morgan fingerprint density at radius 1 is 1.03 bits per heavy atom. The maximum Gasteiger partial charge on any atom is 0.573 e. The van der Waals surface area contributed by atoms with Crippen LogP contribution in [0, 0.1) is 5.92 Å². The van der Waals surface area contributed by atoms with E-state index in [-0.39, 0.29) is 30.5 Å². The molecule has 184 valence electrons. The summed E-state index contributed by atoms with van der Waals surface area (Å²) in [7, 11) is 0. The third-order valence-corrected chi connectivity index (χ3v) is 6.03. The van der Waals surface area contributed by atoms with Gasteiger partial charge in [-0.3, -0.25) is 14.5 Å². The molecule has 2 aromatic rings. The number of hydrogen-bond donors (Lipinski definition) is 0. The van der Waals surface area contributed by atoms with Crippen molar-refractivity contribution in [1.82, 2.24) is 9.80 Å². The number of carbonyl (C=O) groups is 2. The van der Waals surface area contributed by atoms with Gasteiger partial charge in [0, 0.05) is 37.7 Å². The number of alkyl halides is 3. The van der Waals surface area contributed by atoms with Gasteiger partial charge in [-0.1, -0.05) is 35.9 Å². The van der Waals surface area contributed by atoms with E-state index in [9.17, 15) is 22.8 Å².